The van der Waals surface area contributed by atoms with Crippen molar-refractivity contribution in [3.8, 4) is 0 Å². The van der Waals surface area contributed by atoms with Gasteiger partial charge in [0.05, 0.1) is 12.2 Å². The van der Waals surface area contributed by atoms with E-state index in [1.807, 2.05) is 0 Å². The first kappa shape index (κ1) is 9.26. The van der Waals surface area contributed by atoms with Gasteiger partial charge in [-0.15, -0.1) is 0 Å². The lowest BCUT2D eigenvalue weighted by molar-refractivity contribution is -0.0425. The third kappa shape index (κ3) is 1.54. The van der Waals surface area contributed by atoms with Crippen LogP contribution in [0.2, 0.25) is 0 Å². The first-order valence-electron chi connectivity index (χ1n) is 5.53. The fourth-order valence-electron chi connectivity index (χ4n) is 2.73. The molecular formula is C12H20O. The van der Waals surface area contributed by atoms with Crippen LogP contribution in [0.5, 0.6) is 0 Å². The van der Waals surface area contributed by atoms with Gasteiger partial charge in [-0.2, -0.15) is 0 Å². The fraction of sp³-hybridized carbons (Fsp3) is 0.833. The first-order chi connectivity index (χ1) is 6.20. The van der Waals surface area contributed by atoms with Gasteiger partial charge >= 0.3 is 0 Å². The molecule has 3 atom stereocenters. The van der Waals surface area contributed by atoms with Gasteiger partial charge in [0, 0.05) is 5.92 Å². The SMILES string of the molecule is CC1=C(C)[C@H]2CCCC[C@H]2O[C@H]1C. The van der Waals surface area contributed by atoms with E-state index in [0.717, 1.165) is 5.92 Å². The summed E-state index contributed by atoms with van der Waals surface area (Å²) in [6.45, 7) is 6.71. The summed E-state index contributed by atoms with van der Waals surface area (Å²) in [7, 11) is 0. The summed E-state index contributed by atoms with van der Waals surface area (Å²) in [5, 5.41) is 0. The summed E-state index contributed by atoms with van der Waals surface area (Å²) < 4.78 is 6.02. The third-order valence-electron chi connectivity index (χ3n) is 3.87. The van der Waals surface area contributed by atoms with Crippen LogP contribution >= 0.6 is 0 Å². The van der Waals surface area contributed by atoms with Crippen molar-refractivity contribution in [1.29, 1.82) is 0 Å². The molecular weight excluding hydrogens is 160 g/mol. The number of hydrogen-bond donors (Lipinski definition) is 0. The Morgan fingerprint density at radius 3 is 2.54 bits per heavy atom. The van der Waals surface area contributed by atoms with Crippen LogP contribution in [0.3, 0.4) is 0 Å². The Hall–Kier alpha value is -0.300. The molecule has 0 unspecified atom stereocenters. The van der Waals surface area contributed by atoms with E-state index in [1.54, 1.807) is 5.57 Å². The van der Waals surface area contributed by atoms with Crippen LogP contribution in [0.25, 0.3) is 0 Å². The second-order valence-electron chi connectivity index (χ2n) is 4.57. The van der Waals surface area contributed by atoms with Gasteiger partial charge in [0.25, 0.3) is 0 Å². The summed E-state index contributed by atoms with van der Waals surface area (Å²) in [6.07, 6.45) is 6.27. The molecule has 1 heterocycles. The molecule has 1 aliphatic carbocycles. The van der Waals surface area contributed by atoms with Gasteiger partial charge in [0.1, 0.15) is 0 Å². The van der Waals surface area contributed by atoms with Gasteiger partial charge in [-0.25, -0.2) is 0 Å². The van der Waals surface area contributed by atoms with Crippen molar-refractivity contribution in [2.24, 2.45) is 5.92 Å². The smallest absolute Gasteiger partial charge is 0.0760 e. The van der Waals surface area contributed by atoms with E-state index in [1.165, 1.54) is 31.3 Å². The van der Waals surface area contributed by atoms with Crippen LogP contribution in [-0.2, 0) is 4.74 Å². The topological polar surface area (TPSA) is 9.23 Å². The van der Waals surface area contributed by atoms with Crippen LogP contribution < -0.4 is 0 Å². The molecule has 0 bridgehead atoms. The zero-order valence-electron chi connectivity index (χ0n) is 8.97. The summed E-state index contributed by atoms with van der Waals surface area (Å²) in [6, 6.07) is 0. The molecule has 2 rings (SSSR count). The number of rotatable bonds is 0. The van der Waals surface area contributed by atoms with E-state index >= 15 is 0 Å². The van der Waals surface area contributed by atoms with Crippen molar-refractivity contribution in [3.63, 3.8) is 0 Å². The van der Waals surface area contributed by atoms with Gasteiger partial charge < -0.3 is 4.74 Å². The average molecular weight is 180 g/mol. The molecule has 1 fully saturated rings. The molecule has 0 aromatic carbocycles. The van der Waals surface area contributed by atoms with E-state index in [9.17, 15) is 0 Å². The molecule has 1 aliphatic heterocycles. The fourth-order valence-corrected chi connectivity index (χ4v) is 2.73. The minimum atomic E-state index is 0.361. The minimum absolute atomic E-state index is 0.361. The minimum Gasteiger partial charge on any atom is -0.370 e. The predicted molar refractivity (Wildman–Crippen MR) is 54.7 cm³/mol. The molecule has 0 spiro atoms. The highest BCUT2D eigenvalue weighted by Gasteiger charge is 2.33. The van der Waals surface area contributed by atoms with Crippen molar-refractivity contribution in [1.82, 2.24) is 0 Å². The molecule has 74 valence electrons. The number of fused-ring (bicyclic) bond motifs is 1. The lowest BCUT2D eigenvalue weighted by Gasteiger charge is -2.40. The average Bonchev–Trinajstić information content (AvgIpc) is 2.15. The van der Waals surface area contributed by atoms with E-state index in [0.29, 0.717) is 12.2 Å². The van der Waals surface area contributed by atoms with Crippen LogP contribution in [0.15, 0.2) is 11.1 Å². The molecule has 0 amide bonds. The molecule has 0 radical (unpaired) electrons. The summed E-state index contributed by atoms with van der Waals surface area (Å²) in [5.41, 5.74) is 3.09. The van der Waals surface area contributed by atoms with Crippen molar-refractivity contribution in [3.05, 3.63) is 11.1 Å². The maximum absolute atomic E-state index is 6.02. The van der Waals surface area contributed by atoms with Crippen molar-refractivity contribution < 1.29 is 4.74 Å². The van der Waals surface area contributed by atoms with Gasteiger partial charge in [0.2, 0.25) is 0 Å². The predicted octanol–water partition coefficient (Wildman–Crippen LogP) is 3.30. The van der Waals surface area contributed by atoms with Gasteiger partial charge in [-0.3, -0.25) is 0 Å². The van der Waals surface area contributed by atoms with Crippen LogP contribution in [0.4, 0.5) is 0 Å². The Morgan fingerprint density at radius 2 is 1.77 bits per heavy atom. The maximum Gasteiger partial charge on any atom is 0.0760 e. The monoisotopic (exact) mass is 180 g/mol. The largest absolute Gasteiger partial charge is 0.370 e. The van der Waals surface area contributed by atoms with Gasteiger partial charge in [-0.05, 0) is 39.2 Å². The molecule has 1 nitrogen and oxygen atoms in total. The van der Waals surface area contributed by atoms with Crippen molar-refractivity contribution >= 4 is 0 Å². The summed E-state index contributed by atoms with van der Waals surface area (Å²) in [4.78, 5) is 0. The highest BCUT2D eigenvalue weighted by atomic mass is 16.5. The quantitative estimate of drug-likeness (QED) is 0.520. The molecule has 0 aromatic rings. The molecule has 2 aliphatic rings. The molecule has 1 saturated carbocycles. The number of hydrogen-bond acceptors (Lipinski definition) is 1. The van der Waals surface area contributed by atoms with Crippen molar-refractivity contribution in [2.45, 2.75) is 58.7 Å². The Balaban J connectivity index is 2.23. The molecule has 1 heteroatoms. The highest BCUT2D eigenvalue weighted by Crippen LogP contribution is 2.38. The maximum atomic E-state index is 6.02. The molecule has 0 aromatic heterocycles. The molecule has 0 saturated heterocycles. The van der Waals surface area contributed by atoms with Gasteiger partial charge in [0.15, 0.2) is 0 Å². The molecule has 13 heavy (non-hydrogen) atoms. The van der Waals surface area contributed by atoms with E-state index in [-0.39, 0.29) is 0 Å². The Bertz CT molecular complexity index is 229. The zero-order chi connectivity index (χ0) is 9.42. The van der Waals surface area contributed by atoms with E-state index < -0.39 is 0 Å². The summed E-state index contributed by atoms with van der Waals surface area (Å²) >= 11 is 0. The van der Waals surface area contributed by atoms with E-state index in [2.05, 4.69) is 20.8 Å². The third-order valence-corrected chi connectivity index (χ3v) is 3.87. The van der Waals surface area contributed by atoms with Crippen molar-refractivity contribution in [2.75, 3.05) is 0 Å². The summed E-state index contributed by atoms with van der Waals surface area (Å²) in [5.74, 6) is 0.741. The first-order valence-corrected chi connectivity index (χ1v) is 5.53. The second kappa shape index (κ2) is 3.45. The van der Waals surface area contributed by atoms with E-state index in [4.69, 9.17) is 4.74 Å². The number of ether oxygens (including phenoxy) is 1. The Kier molecular flexibility index (Phi) is 2.46. The lowest BCUT2D eigenvalue weighted by atomic mass is 9.78. The van der Waals surface area contributed by atoms with Crippen LogP contribution in [0.1, 0.15) is 46.5 Å². The highest BCUT2D eigenvalue weighted by molar-refractivity contribution is 5.21. The van der Waals surface area contributed by atoms with Crippen LogP contribution in [-0.4, -0.2) is 12.2 Å². The van der Waals surface area contributed by atoms with Gasteiger partial charge in [-0.1, -0.05) is 18.4 Å². The standard InChI is InChI=1S/C12H20O/c1-8-9(2)11-6-4-5-7-12(11)13-10(8)3/h10-12H,4-7H2,1-3H3/t10-,11+,12+/m0/s1. The Labute approximate surface area is 81.2 Å². The van der Waals surface area contributed by atoms with Crippen LogP contribution in [0, 0.1) is 5.92 Å². The normalized spacial score (nSPS) is 40.4. The Morgan fingerprint density at radius 1 is 1.08 bits per heavy atom. The molecule has 0 N–H and O–H groups in total. The lowest BCUT2D eigenvalue weighted by Crippen LogP contribution is -2.37. The second-order valence-corrected chi connectivity index (χ2v) is 4.57. The zero-order valence-corrected chi connectivity index (χ0v) is 8.97.